The molecular formula is C24H26N9OS+. The monoisotopic (exact) mass is 488 g/mol. The number of thiophene rings is 1. The number of carbonyl (C=O) groups is 1. The van der Waals surface area contributed by atoms with Crippen molar-refractivity contribution in [2.45, 2.75) is 39.7 Å². The van der Waals surface area contributed by atoms with E-state index in [-0.39, 0.29) is 18.4 Å². The summed E-state index contributed by atoms with van der Waals surface area (Å²) in [5.74, 6) is 0.798. The predicted octanol–water partition coefficient (Wildman–Crippen LogP) is 3.74. The zero-order chi connectivity index (χ0) is 24.4. The number of nitrogens with one attached hydrogen (secondary N) is 2. The molecule has 4 N–H and O–H groups in total. The largest absolute Gasteiger partial charge is 0.346 e. The lowest BCUT2D eigenvalue weighted by molar-refractivity contribution is -0.449. The van der Waals surface area contributed by atoms with Crippen LogP contribution in [0, 0.1) is 25.3 Å². The molecule has 0 bridgehead atoms. The fraction of sp³-hybridized carbons (Fsp3) is 0.292. The number of quaternary nitrogens is 1. The first-order valence-corrected chi connectivity index (χ1v) is 12.3. The van der Waals surface area contributed by atoms with Gasteiger partial charge in [0.25, 0.3) is 5.91 Å². The molecule has 4 heterocycles. The summed E-state index contributed by atoms with van der Waals surface area (Å²) in [7, 11) is 0. The van der Waals surface area contributed by atoms with Gasteiger partial charge in [-0.25, -0.2) is 4.98 Å². The van der Waals surface area contributed by atoms with E-state index in [2.05, 4.69) is 49.6 Å². The first-order chi connectivity index (χ1) is 17.0. The highest BCUT2D eigenvalue weighted by Gasteiger charge is 2.29. The van der Waals surface area contributed by atoms with Crippen LogP contribution in [0.2, 0.25) is 0 Å². The van der Waals surface area contributed by atoms with E-state index in [9.17, 15) is 4.79 Å². The van der Waals surface area contributed by atoms with Gasteiger partial charge in [0.15, 0.2) is 11.3 Å². The van der Waals surface area contributed by atoms with Gasteiger partial charge in [-0.15, -0.1) is 11.3 Å². The molecular weight excluding hydrogens is 462 g/mol. The summed E-state index contributed by atoms with van der Waals surface area (Å²) in [5.41, 5.74) is 11.7. The molecule has 4 aromatic heterocycles. The van der Waals surface area contributed by atoms with Gasteiger partial charge in [-0.05, 0) is 44.0 Å². The number of pyridine rings is 1. The van der Waals surface area contributed by atoms with Crippen molar-refractivity contribution in [2.75, 3.05) is 0 Å². The van der Waals surface area contributed by atoms with Crippen molar-refractivity contribution in [1.82, 2.24) is 24.7 Å². The zero-order valence-corrected chi connectivity index (χ0v) is 20.3. The summed E-state index contributed by atoms with van der Waals surface area (Å²) in [5, 5.41) is 12.2. The van der Waals surface area contributed by atoms with Gasteiger partial charge < -0.3 is 5.32 Å². The fourth-order valence-corrected chi connectivity index (χ4v) is 4.91. The number of hydrogen-bond acceptors (Lipinski definition) is 7. The molecule has 0 saturated heterocycles. The van der Waals surface area contributed by atoms with Crippen LogP contribution in [0.5, 0.6) is 0 Å². The molecule has 0 aliphatic heterocycles. The highest BCUT2D eigenvalue weighted by molar-refractivity contribution is 7.15. The third kappa shape index (κ3) is 4.86. The number of amides is 1. The molecule has 4 aromatic rings. The molecule has 0 unspecified atom stereocenters. The number of nitrogens with zero attached hydrogens (tertiary/aromatic N) is 6. The lowest BCUT2D eigenvalue weighted by Crippen LogP contribution is -2.84. The summed E-state index contributed by atoms with van der Waals surface area (Å²) in [6.07, 6.45) is 10.2. The second-order valence-electron chi connectivity index (χ2n) is 8.66. The Morgan fingerprint density at radius 3 is 2.74 bits per heavy atom. The van der Waals surface area contributed by atoms with Gasteiger partial charge in [-0.2, -0.15) is 5.53 Å². The molecule has 0 aromatic carbocycles. The Labute approximate surface area is 206 Å². The second-order valence-corrected chi connectivity index (χ2v) is 9.95. The van der Waals surface area contributed by atoms with Gasteiger partial charge in [0.05, 0.1) is 52.4 Å². The summed E-state index contributed by atoms with van der Waals surface area (Å²) < 4.78 is 1.95. The number of amidine groups is 1. The molecule has 1 amide bonds. The van der Waals surface area contributed by atoms with Crippen LogP contribution in [0.3, 0.4) is 0 Å². The second kappa shape index (κ2) is 9.80. The Morgan fingerprint density at radius 2 is 2.09 bits per heavy atom. The first-order valence-electron chi connectivity index (χ1n) is 11.4. The van der Waals surface area contributed by atoms with Crippen molar-refractivity contribution in [3.63, 3.8) is 0 Å². The summed E-state index contributed by atoms with van der Waals surface area (Å²) >= 11 is 1.68. The maximum atomic E-state index is 13.2. The van der Waals surface area contributed by atoms with Gasteiger partial charge in [-0.1, -0.05) is 11.5 Å². The number of rotatable bonds is 7. The summed E-state index contributed by atoms with van der Waals surface area (Å²) in [6.45, 7) is 4.21. The third-order valence-electron chi connectivity index (χ3n) is 6.15. The Bertz CT molecular complexity index is 1420. The van der Waals surface area contributed by atoms with E-state index in [1.165, 1.54) is 4.88 Å². The number of nitrogens with two attached hydrogens (primary N) is 1. The van der Waals surface area contributed by atoms with Gasteiger partial charge >= 0.3 is 0 Å². The lowest BCUT2D eigenvalue weighted by atomic mass is 9.84. The predicted molar refractivity (Wildman–Crippen MR) is 133 cm³/mol. The lowest BCUT2D eigenvalue weighted by Gasteiger charge is -2.23. The molecule has 0 atom stereocenters. The van der Waals surface area contributed by atoms with E-state index in [1.54, 1.807) is 23.7 Å². The molecule has 0 spiro atoms. The van der Waals surface area contributed by atoms with Crippen LogP contribution >= 0.6 is 11.3 Å². The van der Waals surface area contributed by atoms with E-state index in [4.69, 9.17) is 5.53 Å². The number of fused-ring (bicyclic) bond motifs is 1. The van der Waals surface area contributed by atoms with E-state index >= 15 is 0 Å². The van der Waals surface area contributed by atoms with Crippen molar-refractivity contribution < 1.29 is 10.1 Å². The SMILES string of the molecule is Cc1cnc(CNC(=O)c2cc([NH2+]C(=NN=N)C3CCC3)c3ncc(-c4ccc(C)s4)n3c2)cn1. The minimum absolute atomic E-state index is 0.224. The number of aryl methyl sites for hydroxylation is 2. The van der Waals surface area contributed by atoms with Crippen molar-refractivity contribution >= 4 is 34.4 Å². The van der Waals surface area contributed by atoms with Crippen LogP contribution in [0.15, 0.2) is 53.3 Å². The topological polar surface area (TPSA) is 137 Å². The standard InChI is InChI=1S/C24H25N9OS/c1-14-9-27-18(10-26-14)11-29-24(34)17-8-19(30-22(31-32-25)16-4-3-5-16)23-28-12-20(33(23)13-17)21-7-6-15(2)35-21/h6-10,12-13,16H,3-5,11H2,1-2H3,(H,29,34)(H2,25,30,31)/p+1. The van der Waals surface area contributed by atoms with Crippen molar-refractivity contribution in [2.24, 2.45) is 16.2 Å². The molecule has 1 saturated carbocycles. The summed E-state index contributed by atoms with van der Waals surface area (Å²) in [4.78, 5) is 28.7. The molecule has 5 rings (SSSR count). The molecule has 1 fully saturated rings. The summed E-state index contributed by atoms with van der Waals surface area (Å²) in [6, 6.07) is 5.96. The third-order valence-corrected chi connectivity index (χ3v) is 7.17. The molecule has 0 radical (unpaired) electrons. The molecule has 1 aliphatic carbocycles. The molecule has 1 aliphatic rings. The van der Waals surface area contributed by atoms with Gasteiger partial charge in [-0.3, -0.25) is 24.5 Å². The van der Waals surface area contributed by atoms with E-state index in [0.717, 1.165) is 52.7 Å². The number of imidazole rings is 1. The van der Waals surface area contributed by atoms with Gasteiger partial charge in [0.2, 0.25) is 5.84 Å². The fourth-order valence-electron chi connectivity index (χ4n) is 4.03. The van der Waals surface area contributed by atoms with Crippen molar-refractivity contribution in [3.05, 3.63) is 64.8 Å². The van der Waals surface area contributed by atoms with Crippen molar-refractivity contribution in [1.29, 1.82) is 5.53 Å². The van der Waals surface area contributed by atoms with Gasteiger partial charge in [0, 0.05) is 23.3 Å². The maximum absolute atomic E-state index is 13.2. The van der Waals surface area contributed by atoms with Crippen LogP contribution in [0.4, 0.5) is 5.69 Å². The van der Waals surface area contributed by atoms with Crippen LogP contribution in [-0.2, 0) is 6.54 Å². The minimum Gasteiger partial charge on any atom is -0.346 e. The Kier molecular flexibility index (Phi) is 6.43. The average molecular weight is 489 g/mol. The smallest absolute Gasteiger partial charge is 0.253 e. The number of aromatic nitrogens is 4. The quantitative estimate of drug-likeness (QED) is 0.158. The Hall–Kier alpha value is -3.83. The molecule has 35 heavy (non-hydrogen) atoms. The van der Waals surface area contributed by atoms with Crippen molar-refractivity contribution in [3.8, 4) is 10.6 Å². The molecule has 178 valence electrons. The minimum atomic E-state index is -0.224. The van der Waals surface area contributed by atoms with E-state index in [0.29, 0.717) is 11.3 Å². The highest BCUT2D eigenvalue weighted by Crippen LogP contribution is 2.30. The maximum Gasteiger partial charge on any atom is 0.253 e. The Morgan fingerprint density at radius 1 is 1.23 bits per heavy atom. The molecule has 10 nitrogen and oxygen atoms in total. The Balaban J connectivity index is 1.52. The van der Waals surface area contributed by atoms with Crippen LogP contribution in [0.25, 0.3) is 16.2 Å². The van der Waals surface area contributed by atoms with E-state index in [1.807, 2.05) is 35.1 Å². The molecule has 11 heteroatoms. The van der Waals surface area contributed by atoms with Crippen LogP contribution in [0.1, 0.15) is 45.9 Å². The van der Waals surface area contributed by atoms with Crippen LogP contribution < -0.4 is 10.6 Å². The highest BCUT2D eigenvalue weighted by atomic mass is 32.1. The first kappa shape index (κ1) is 22.9. The number of hydrogen-bond donors (Lipinski definition) is 3. The average Bonchev–Trinajstić information content (AvgIpc) is 3.43. The van der Waals surface area contributed by atoms with E-state index < -0.39 is 0 Å². The van der Waals surface area contributed by atoms with Gasteiger partial charge in [0.1, 0.15) is 0 Å². The zero-order valence-electron chi connectivity index (χ0n) is 19.5. The normalized spacial score (nSPS) is 14.2. The van der Waals surface area contributed by atoms with Crippen LogP contribution in [-0.4, -0.2) is 31.1 Å². The number of carbonyl (C=O) groups excluding carboxylic acids is 1.